The number of rotatable bonds is 2. The van der Waals surface area contributed by atoms with Crippen LogP contribution in [-0.2, 0) is 9.59 Å². The molecule has 0 aromatic rings. The van der Waals surface area contributed by atoms with Crippen molar-refractivity contribution in [2.45, 2.75) is 12.1 Å². The standard InChI is InChI=1S/2C4H7NO2S/c2*6-4(7)3-1-8-2-5-3/h2*3,5H,1-2H2,(H,6,7). The number of carboxylic acids is 2. The predicted molar refractivity (Wildman–Crippen MR) is 63.8 cm³/mol. The maximum absolute atomic E-state index is 10.1. The van der Waals surface area contributed by atoms with Gasteiger partial charge < -0.3 is 10.2 Å². The lowest BCUT2D eigenvalue weighted by Crippen LogP contribution is -2.32. The fourth-order valence-electron chi connectivity index (χ4n) is 1.11. The van der Waals surface area contributed by atoms with Crippen LogP contribution in [0.5, 0.6) is 0 Å². The van der Waals surface area contributed by atoms with Gasteiger partial charge in [0.15, 0.2) is 0 Å². The topological polar surface area (TPSA) is 98.7 Å². The van der Waals surface area contributed by atoms with Crippen molar-refractivity contribution in [3.05, 3.63) is 0 Å². The molecule has 2 aliphatic heterocycles. The van der Waals surface area contributed by atoms with Crippen LogP contribution < -0.4 is 10.6 Å². The van der Waals surface area contributed by atoms with Crippen molar-refractivity contribution in [1.82, 2.24) is 10.6 Å². The minimum absolute atomic E-state index is 0.306. The molecule has 2 unspecified atom stereocenters. The lowest BCUT2D eigenvalue weighted by molar-refractivity contribution is -0.139. The predicted octanol–water partition coefficient (Wildman–Crippen LogP) is -0.533. The van der Waals surface area contributed by atoms with Crippen LogP contribution >= 0.6 is 23.5 Å². The normalized spacial score (nSPS) is 28.2. The molecule has 2 atom stereocenters. The lowest BCUT2D eigenvalue weighted by Gasteiger charge is -1.98. The van der Waals surface area contributed by atoms with Crippen molar-refractivity contribution in [1.29, 1.82) is 0 Å². The van der Waals surface area contributed by atoms with E-state index in [2.05, 4.69) is 10.6 Å². The van der Waals surface area contributed by atoms with Gasteiger partial charge in [-0.15, -0.1) is 23.5 Å². The van der Waals surface area contributed by atoms with Gasteiger partial charge >= 0.3 is 11.9 Å². The molecule has 0 aromatic carbocycles. The zero-order valence-electron chi connectivity index (χ0n) is 8.51. The fraction of sp³-hybridized carbons (Fsp3) is 0.750. The first kappa shape index (κ1) is 13.6. The van der Waals surface area contributed by atoms with Crippen LogP contribution in [0, 0.1) is 0 Å². The molecule has 8 heteroatoms. The summed E-state index contributed by atoms with van der Waals surface area (Å²) in [7, 11) is 0. The van der Waals surface area contributed by atoms with Crippen LogP contribution in [0.25, 0.3) is 0 Å². The molecule has 0 radical (unpaired) electrons. The highest BCUT2D eigenvalue weighted by molar-refractivity contribution is 7.99. The van der Waals surface area contributed by atoms with E-state index in [1.54, 1.807) is 23.5 Å². The van der Waals surface area contributed by atoms with Crippen LogP contribution in [0.3, 0.4) is 0 Å². The second kappa shape index (κ2) is 7.00. The van der Waals surface area contributed by atoms with Crippen molar-refractivity contribution < 1.29 is 19.8 Å². The Morgan fingerprint density at radius 2 is 1.31 bits per heavy atom. The first-order chi connectivity index (χ1) is 7.61. The first-order valence-electron chi connectivity index (χ1n) is 4.69. The van der Waals surface area contributed by atoms with Crippen molar-refractivity contribution in [2.24, 2.45) is 0 Å². The van der Waals surface area contributed by atoms with Crippen molar-refractivity contribution >= 4 is 35.5 Å². The zero-order chi connectivity index (χ0) is 12.0. The van der Waals surface area contributed by atoms with Gasteiger partial charge in [-0.25, -0.2) is 0 Å². The number of carboxylic acid groups (broad SMARTS) is 2. The minimum atomic E-state index is -0.741. The van der Waals surface area contributed by atoms with Crippen molar-refractivity contribution in [3.8, 4) is 0 Å². The summed E-state index contributed by atoms with van der Waals surface area (Å²) in [5, 5.41) is 22.3. The highest BCUT2D eigenvalue weighted by atomic mass is 32.2. The second-order valence-electron chi connectivity index (χ2n) is 3.22. The van der Waals surface area contributed by atoms with E-state index >= 15 is 0 Å². The van der Waals surface area contributed by atoms with Crippen LogP contribution in [0.15, 0.2) is 0 Å². The SMILES string of the molecule is O=C(O)C1CSCN1.O=C(O)C1CSCN1. The van der Waals surface area contributed by atoms with Gasteiger partial charge in [-0.2, -0.15) is 0 Å². The third-order valence-corrected chi connectivity index (χ3v) is 3.91. The molecule has 0 aliphatic carbocycles. The Labute approximate surface area is 102 Å². The van der Waals surface area contributed by atoms with Gasteiger partial charge in [0.05, 0.1) is 0 Å². The Balaban J connectivity index is 0.000000160. The van der Waals surface area contributed by atoms with Gasteiger partial charge in [0.2, 0.25) is 0 Å². The van der Waals surface area contributed by atoms with Crippen LogP contribution in [0.4, 0.5) is 0 Å². The molecule has 0 bridgehead atoms. The molecule has 92 valence electrons. The van der Waals surface area contributed by atoms with E-state index < -0.39 is 11.9 Å². The Morgan fingerprint density at radius 3 is 1.44 bits per heavy atom. The number of hydrogen-bond donors (Lipinski definition) is 4. The van der Waals surface area contributed by atoms with E-state index in [0.29, 0.717) is 11.5 Å². The number of nitrogens with one attached hydrogen (secondary N) is 2. The fourth-order valence-corrected chi connectivity index (χ4v) is 2.97. The van der Waals surface area contributed by atoms with E-state index in [0.717, 1.165) is 11.8 Å². The summed E-state index contributed by atoms with van der Waals surface area (Å²) in [5.41, 5.74) is 0. The molecule has 6 nitrogen and oxygen atoms in total. The lowest BCUT2D eigenvalue weighted by atomic mass is 10.4. The van der Waals surface area contributed by atoms with Crippen LogP contribution in [0.2, 0.25) is 0 Å². The molecule has 2 fully saturated rings. The third kappa shape index (κ3) is 4.60. The van der Waals surface area contributed by atoms with Crippen LogP contribution in [-0.4, -0.2) is 57.5 Å². The maximum atomic E-state index is 10.1. The van der Waals surface area contributed by atoms with E-state index in [1.807, 2.05) is 0 Å². The maximum Gasteiger partial charge on any atom is 0.321 e. The van der Waals surface area contributed by atoms with Gasteiger partial charge in [-0.1, -0.05) is 0 Å². The summed E-state index contributed by atoms with van der Waals surface area (Å²) in [6, 6.07) is -0.611. The molecule has 4 N–H and O–H groups in total. The number of aliphatic carboxylic acids is 2. The smallest absolute Gasteiger partial charge is 0.321 e. The monoisotopic (exact) mass is 266 g/mol. The Hall–Kier alpha value is -0.440. The molecule has 0 saturated carbocycles. The van der Waals surface area contributed by atoms with E-state index in [4.69, 9.17) is 10.2 Å². The minimum Gasteiger partial charge on any atom is -0.480 e. The first-order valence-corrected chi connectivity index (χ1v) is 7.00. The average molecular weight is 266 g/mol. The summed E-state index contributed by atoms with van der Waals surface area (Å²) >= 11 is 3.24. The highest BCUT2D eigenvalue weighted by Gasteiger charge is 2.21. The average Bonchev–Trinajstić information content (AvgIpc) is 2.93. The van der Waals surface area contributed by atoms with Crippen molar-refractivity contribution in [2.75, 3.05) is 23.3 Å². The molecule has 0 amide bonds. The van der Waals surface area contributed by atoms with Gasteiger partial charge in [0.25, 0.3) is 0 Å². The molecule has 2 saturated heterocycles. The van der Waals surface area contributed by atoms with Gasteiger partial charge in [0, 0.05) is 23.3 Å². The summed E-state index contributed by atoms with van der Waals surface area (Å²) in [6.07, 6.45) is 0. The number of hydrogen-bond acceptors (Lipinski definition) is 6. The number of carbonyl (C=O) groups is 2. The quantitative estimate of drug-likeness (QED) is 0.529. The van der Waals surface area contributed by atoms with E-state index in [-0.39, 0.29) is 12.1 Å². The second-order valence-corrected chi connectivity index (χ2v) is 5.28. The third-order valence-electron chi connectivity index (χ3n) is 2.03. The molecule has 0 aromatic heterocycles. The Kier molecular flexibility index (Phi) is 5.96. The zero-order valence-corrected chi connectivity index (χ0v) is 10.1. The van der Waals surface area contributed by atoms with Gasteiger partial charge in [-0.3, -0.25) is 20.2 Å². The van der Waals surface area contributed by atoms with E-state index in [1.165, 1.54) is 0 Å². The van der Waals surface area contributed by atoms with Gasteiger partial charge in [0.1, 0.15) is 12.1 Å². The summed E-state index contributed by atoms with van der Waals surface area (Å²) in [5.74, 6) is 1.48. The highest BCUT2D eigenvalue weighted by Crippen LogP contribution is 2.09. The van der Waals surface area contributed by atoms with Crippen molar-refractivity contribution in [3.63, 3.8) is 0 Å². The molecule has 2 aliphatic rings. The van der Waals surface area contributed by atoms with E-state index in [9.17, 15) is 9.59 Å². The molecular weight excluding hydrogens is 252 g/mol. The Bertz CT molecular complexity index is 226. The summed E-state index contributed by atoms with van der Waals surface area (Å²) in [6.45, 7) is 0. The molecule has 2 rings (SSSR count). The molecule has 0 spiro atoms. The number of thioether (sulfide) groups is 2. The Morgan fingerprint density at radius 1 is 0.938 bits per heavy atom. The van der Waals surface area contributed by atoms with Gasteiger partial charge in [-0.05, 0) is 0 Å². The molecule has 16 heavy (non-hydrogen) atoms. The summed E-state index contributed by atoms with van der Waals surface area (Å²) < 4.78 is 0. The largest absolute Gasteiger partial charge is 0.480 e. The molecular formula is C8H14N2O4S2. The summed E-state index contributed by atoms with van der Waals surface area (Å²) in [4.78, 5) is 20.3. The molecule has 2 heterocycles. The van der Waals surface area contributed by atoms with Crippen LogP contribution in [0.1, 0.15) is 0 Å².